The van der Waals surface area contributed by atoms with Gasteiger partial charge in [-0.15, -0.1) is 0 Å². The highest BCUT2D eigenvalue weighted by Crippen LogP contribution is 2.24. The van der Waals surface area contributed by atoms with E-state index in [1.54, 1.807) is 25.1 Å². The van der Waals surface area contributed by atoms with E-state index in [0.717, 1.165) is 12.8 Å². The van der Waals surface area contributed by atoms with Crippen molar-refractivity contribution < 1.29 is 19.4 Å². The van der Waals surface area contributed by atoms with Crippen molar-refractivity contribution in [1.29, 1.82) is 0 Å². The quantitative estimate of drug-likeness (QED) is 0.795. The molecule has 0 aromatic heterocycles. The van der Waals surface area contributed by atoms with Gasteiger partial charge in [-0.25, -0.2) is 9.59 Å². The molecule has 1 atom stereocenters. The van der Waals surface area contributed by atoms with Gasteiger partial charge in [0, 0.05) is 13.2 Å². The summed E-state index contributed by atoms with van der Waals surface area (Å²) in [6.07, 6.45) is 1.89. The van der Waals surface area contributed by atoms with E-state index in [0.29, 0.717) is 18.7 Å². The molecule has 1 aromatic rings. The molecule has 1 saturated heterocycles. The molecule has 21 heavy (non-hydrogen) atoms. The van der Waals surface area contributed by atoms with E-state index >= 15 is 0 Å². The summed E-state index contributed by atoms with van der Waals surface area (Å²) in [7, 11) is 0. The fourth-order valence-corrected chi connectivity index (χ4v) is 2.47. The van der Waals surface area contributed by atoms with Crippen LogP contribution in [0.3, 0.4) is 0 Å². The second-order valence-electron chi connectivity index (χ2n) is 5.51. The molecule has 6 heteroatoms. The topological polar surface area (TPSA) is 87.7 Å². The number of carbonyl (C=O) groups excluding carboxylic acids is 1. The van der Waals surface area contributed by atoms with Crippen LogP contribution in [0.2, 0.25) is 0 Å². The lowest BCUT2D eigenvalue weighted by molar-refractivity contribution is 0.0232. The van der Waals surface area contributed by atoms with Gasteiger partial charge in [0.25, 0.3) is 0 Å². The second-order valence-corrected chi connectivity index (χ2v) is 5.51. The summed E-state index contributed by atoms with van der Waals surface area (Å²) in [6, 6.07) is 4.54. The van der Waals surface area contributed by atoms with Gasteiger partial charge >= 0.3 is 12.0 Å². The third-order valence-electron chi connectivity index (χ3n) is 3.66. The maximum absolute atomic E-state index is 11.9. The molecule has 0 spiro atoms. The maximum atomic E-state index is 11.9. The van der Waals surface area contributed by atoms with Gasteiger partial charge < -0.3 is 20.5 Å². The van der Waals surface area contributed by atoms with Crippen LogP contribution < -0.4 is 10.6 Å². The van der Waals surface area contributed by atoms with Gasteiger partial charge in [-0.3, -0.25) is 0 Å². The molecule has 114 valence electrons. The maximum Gasteiger partial charge on any atom is 0.338 e. The van der Waals surface area contributed by atoms with Crippen LogP contribution in [0.4, 0.5) is 10.5 Å². The Kier molecular flexibility index (Phi) is 4.47. The Morgan fingerprint density at radius 1 is 1.43 bits per heavy atom. The molecule has 1 unspecified atom stereocenters. The van der Waals surface area contributed by atoms with Gasteiger partial charge in [0.2, 0.25) is 0 Å². The Balaban J connectivity index is 2.00. The highest BCUT2D eigenvalue weighted by Gasteiger charge is 2.30. The lowest BCUT2D eigenvalue weighted by atomic mass is 10.0. The Bertz CT molecular complexity index is 551. The number of amides is 2. The molecular weight excluding hydrogens is 272 g/mol. The first-order valence-electron chi connectivity index (χ1n) is 6.93. The first kappa shape index (κ1) is 15.3. The number of hydrogen-bond donors (Lipinski definition) is 3. The SMILES string of the molecule is Cc1cccc(NC(=O)NCC2(C)CCCO2)c1C(=O)O. The smallest absolute Gasteiger partial charge is 0.338 e. The van der Waals surface area contributed by atoms with Crippen molar-refractivity contribution in [2.45, 2.75) is 32.3 Å². The summed E-state index contributed by atoms with van der Waals surface area (Å²) in [4.78, 5) is 23.2. The molecule has 1 fully saturated rings. The number of hydrogen-bond acceptors (Lipinski definition) is 3. The van der Waals surface area contributed by atoms with Crippen molar-refractivity contribution in [2.24, 2.45) is 0 Å². The molecule has 0 aliphatic carbocycles. The van der Waals surface area contributed by atoms with Crippen LogP contribution in [0, 0.1) is 6.92 Å². The molecular formula is C15H20N2O4. The van der Waals surface area contributed by atoms with Crippen LogP contribution in [0.5, 0.6) is 0 Å². The van der Waals surface area contributed by atoms with E-state index in [2.05, 4.69) is 10.6 Å². The van der Waals surface area contributed by atoms with E-state index in [1.165, 1.54) is 0 Å². The third-order valence-corrected chi connectivity index (χ3v) is 3.66. The Morgan fingerprint density at radius 2 is 2.19 bits per heavy atom. The summed E-state index contributed by atoms with van der Waals surface area (Å²) in [5, 5.41) is 14.5. The van der Waals surface area contributed by atoms with E-state index in [-0.39, 0.29) is 16.9 Å². The number of aromatic carboxylic acids is 1. The van der Waals surface area contributed by atoms with Crippen LogP contribution in [0.15, 0.2) is 18.2 Å². The molecule has 6 nitrogen and oxygen atoms in total. The molecule has 0 saturated carbocycles. The summed E-state index contributed by atoms with van der Waals surface area (Å²) in [6.45, 7) is 4.75. The van der Waals surface area contributed by atoms with Gasteiger partial charge in [0.15, 0.2) is 0 Å². The number of benzene rings is 1. The predicted molar refractivity (Wildman–Crippen MR) is 78.8 cm³/mol. The van der Waals surface area contributed by atoms with Crippen molar-refractivity contribution >= 4 is 17.7 Å². The van der Waals surface area contributed by atoms with Crippen molar-refractivity contribution in [3.8, 4) is 0 Å². The zero-order valence-corrected chi connectivity index (χ0v) is 12.2. The monoisotopic (exact) mass is 292 g/mol. The lowest BCUT2D eigenvalue weighted by Gasteiger charge is -2.23. The zero-order chi connectivity index (χ0) is 15.5. The third kappa shape index (κ3) is 3.72. The molecule has 0 bridgehead atoms. The number of rotatable bonds is 4. The summed E-state index contributed by atoms with van der Waals surface area (Å²) in [5.74, 6) is -1.06. The van der Waals surface area contributed by atoms with E-state index in [4.69, 9.17) is 4.74 Å². The van der Waals surface area contributed by atoms with Gasteiger partial charge in [0.1, 0.15) is 0 Å². The first-order valence-corrected chi connectivity index (χ1v) is 6.93. The highest BCUT2D eigenvalue weighted by molar-refractivity contribution is 6.01. The standard InChI is InChI=1S/C15H20N2O4/c1-10-5-3-6-11(12(10)13(18)19)17-14(20)16-9-15(2)7-4-8-21-15/h3,5-6H,4,7-9H2,1-2H3,(H,18,19)(H2,16,17,20). The van der Waals surface area contributed by atoms with Crippen LogP contribution in [0.25, 0.3) is 0 Å². The van der Waals surface area contributed by atoms with Crippen molar-refractivity contribution in [3.05, 3.63) is 29.3 Å². The minimum atomic E-state index is -1.06. The number of carboxylic acids is 1. The van der Waals surface area contributed by atoms with Crippen molar-refractivity contribution in [1.82, 2.24) is 5.32 Å². The van der Waals surface area contributed by atoms with E-state index < -0.39 is 12.0 Å². The largest absolute Gasteiger partial charge is 0.478 e. The molecule has 3 N–H and O–H groups in total. The average molecular weight is 292 g/mol. The van der Waals surface area contributed by atoms with Crippen molar-refractivity contribution in [2.75, 3.05) is 18.5 Å². The molecule has 1 aliphatic heterocycles. The summed E-state index contributed by atoms with van der Waals surface area (Å²) < 4.78 is 5.59. The minimum absolute atomic E-state index is 0.107. The number of aryl methyl sites for hydroxylation is 1. The van der Waals surface area contributed by atoms with Gasteiger partial charge in [-0.1, -0.05) is 12.1 Å². The first-order chi connectivity index (χ1) is 9.91. The minimum Gasteiger partial charge on any atom is -0.478 e. The van der Waals surface area contributed by atoms with Crippen molar-refractivity contribution in [3.63, 3.8) is 0 Å². The number of nitrogens with one attached hydrogen (secondary N) is 2. The zero-order valence-electron chi connectivity index (χ0n) is 12.2. The molecule has 1 heterocycles. The van der Waals surface area contributed by atoms with E-state index in [1.807, 2.05) is 6.92 Å². The predicted octanol–water partition coefficient (Wildman–Crippen LogP) is 2.38. The molecule has 2 rings (SSSR count). The van der Waals surface area contributed by atoms with Gasteiger partial charge in [0.05, 0.1) is 16.9 Å². The second kappa shape index (κ2) is 6.13. The Hall–Kier alpha value is -2.08. The molecule has 2 amide bonds. The average Bonchev–Trinajstić information content (AvgIpc) is 2.84. The fraction of sp³-hybridized carbons (Fsp3) is 0.467. The Labute approximate surface area is 123 Å². The van der Waals surface area contributed by atoms with Crippen LogP contribution in [-0.4, -0.2) is 35.9 Å². The number of carboxylic acid groups (broad SMARTS) is 1. The molecule has 1 aliphatic rings. The van der Waals surface area contributed by atoms with Crippen LogP contribution in [-0.2, 0) is 4.74 Å². The number of anilines is 1. The fourth-order valence-electron chi connectivity index (χ4n) is 2.47. The lowest BCUT2D eigenvalue weighted by Crippen LogP contribution is -2.42. The summed E-state index contributed by atoms with van der Waals surface area (Å²) >= 11 is 0. The Morgan fingerprint density at radius 3 is 2.81 bits per heavy atom. The normalized spacial score (nSPS) is 21.0. The van der Waals surface area contributed by atoms with Crippen LogP contribution in [0.1, 0.15) is 35.7 Å². The van der Waals surface area contributed by atoms with E-state index in [9.17, 15) is 14.7 Å². The van der Waals surface area contributed by atoms with Gasteiger partial charge in [-0.05, 0) is 38.3 Å². The number of carbonyl (C=O) groups is 2. The number of ether oxygens (including phenoxy) is 1. The molecule has 1 aromatic carbocycles. The highest BCUT2D eigenvalue weighted by atomic mass is 16.5. The van der Waals surface area contributed by atoms with Gasteiger partial charge in [-0.2, -0.15) is 0 Å². The van der Waals surface area contributed by atoms with Crippen LogP contribution >= 0.6 is 0 Å². The summed E-state index contributed by atoms with van der Waals surface area (Å²) in [5.41, 5.74) is 0.666. The molecule has 0 radical (unpaired) electrons. The number of urea groups is 1.